The van der Waals surface area contributed by atoms with E-state index in [-0.39, 0.29) is 17.3 Å². The molecular weight excluding hydrogens is 383 g/mol. The van der Waals surface area contributed by atoms with Gasteiger partial charge in [0, 0.05) is 30.9 Å². The van der Waals surface area contributed by atoms with Gasteiger partial charge >= 0.3 is 6.18 Å². The Morgan fingerprint density at radius 1 is 1.14 bits per heavy atom. The second kappa shape index (κ2) is 7.47. The third-order valence-electron chi connectivity index (χ3n) is 5.09. The number of aromatic nitrogens is 3. The van der Waals surface area contributed by atoms with Crippen molar-refractivity contribution >= 4 is 5.82 Å². The molecule has 6 nitrogen and oxygen atoms in total. The molecule has 1 saturated heterocycles. The molecule has 1 aliphatic heterocycles. The Labute approximate surface area is 166 Å². The highest BCUT2D eigenvalue weighted by atomic mass is 19.4. The van der Waals surface area contributed by atoms with E-state index in [0.717, 1.165) is 37.5 Å². The Morgan fingerprint density at radius 3 is 2.62 bits per heavy atom. The van der Waals surface area contributed by atoms with E-state index < -0.39 is 11.7 Å². The lowest BCUT2D eigenvalue weighted by atomic mass is 10.1. The molecule has 0 aliphatic carbocycles. The van der Waals surface area contributed by atoms with Crippen LogP contribution in [0, 0.1) is 0 Å². The topological polar surface area (TPSA) is 58.3 Å². The lowest BCUT2D eigenvalue weighted by molar-refractivity contribution is -0.137. The van der Waals surface area contributed by atoms with Crippen LogP contribution >= 0.6 is 0 Å². The van der Waals surface area contributed by atoms with E-state index in [4.69, 9.17) is 4.52 Å². The average molecular weight is 403 g/mol. The summed E-state index contributed by atoms with van der Waals surface area (Å²) in [5, 5.41) is 3.82. The van der Waals surface area contributed by atoms with Gasteiger partial charge in [0.25, 0.3) is 5.89 Å². The van der Waals surface area contributed by atoms with Gasteiger partial charge in [-0.2, -0.15) is 18.2 Å². The number of pyridine rings is 1. The maximum absolute atomic E-state index is 12.9. The molecule has 29 heavy (non-hydrogen) atoms. The van der Waals surface area contributed by atoms with E-state index in [0.29, 0.717) is 11.6 Å². The van der Waals surface area contributed by atoms with Crippen molar-refractivity contribution in [1.29, 1.82) is 0 Å². The first-order valence-corrected chi connectivity index (χ1v) is 9.20. The van der Waals surface area contributed by atoms with Crippen molar-refractivity contribution in [3.05, 3.63) is 48.2 Å². The van der Waals surface area contributed by atoms with Gasteiger partial charge in [0.1, 0.15) is 5.82 Å². The number of benzene rings is 1. The maximum atomic E-state index is 12.9. The summed E-state index contributed by atoms with van der Waals surface area (Å²) in [4.78, 5) is 13.2. The molecule has 3 heterocycles. The number of rotatable bonds is 4. The van der Waals surface area contributed by atoms with Gasteiger partial charge in [0.15, 0.2) is 0 Å². The Balaban J connectivity index is 1.52. The van der Waals surface area contributed by atoms with E-state index in [2.05, 4.69) is 39.0 Å². The minimum Gasteiger partial charge on any atom is -0.355 e. The van der Waals surface area contributed by atoms with E-state index in [9.17, 15) is 13.2 Å². The maximum Gasteiger partial charge on any atom is 0.416 e. The van der Waals surface area contributed by atoms with Crippen LogP contribution in [0.5, 0.6) is 0 Å². The van der Waals surface area contributed by atoms with Crippen LogP contribution in [0.4, 0.5) is 19.0 Å². The Kier molecular flexibility index (Phi) is 4.99. The molecule has 0 amide bonds. The fourth-order valence-corrected chi connectivity index (χ4v) is 3.36. The Morgan fingerprint density at radius 2 is 1.97 bits per heavy atom. The summed E-state index contributed by atoms with van der Waals surface area (Å²) < 4.78 is 44.0. The Hall–Kier alpha value is -2.94. The summed E-state index contributed by atoms with van der Waals surface area (Å²) in [7, 11) is 4.14. The van der Waals surface area contributed by atoms with Gasteiger partial charge < -0.3 is 14.3 Å². The van der Waals surface area contributed by atoms with Gasteiger partial charge in [0.05, 0.1) is 11.1 Å². The van der Waals surface area contributed by atoms with E-state index in [1.54, 1.807) is 6.20 Å². The Bertz CT molecular complexity index is 984. The first-order chi connectivity index (χ1) is 13.8. The fraction of sp³-hybridized carbons (Fsp3) is 0.350. The first kappa shape index (κ1) is 19.4. The SMILES string of the molecule is CN(C)C1CCN(c2ccc(-c3nc(-c4cccc(C(F)(F)F)c4)no3)cn2)C1. The van der Waals surface area contributed by atoms with Crippen molar-refractivity contribution in [3.8, 4) is 22.8 Å². The van der Waals surface area contributed by atoms with Gasteiger partial charge in [-0.1, -0.05) is 17.3 Å². The first-order valence-electron chi connectivity index (χ1n) is 9.20. The van der Waals surface area contributed by atoms with Gasteiger partial charge in [-0.05, 0) is 44.8 Å². The molecule has 0 saturated carbocycles. The fourth-order valence-electron chi connectivity index (χ4n) is 3.36. The van der Waals surface area contributed by atoms with Crippen LogP contribution in [0.15, 0.2) is 47.1 Å². The van der Waals surface area contributed by atoms with Gasteiger partial charge in [-0.3, -0.25) is 0 Å². The predicted octanol–water partition coefficient (Wildman–Crippen LogP) is 3.96. The van der Waals surface area contributed by atoms with Crippen LogP contribution in [0.25, 0.3) is 22.8 Å². The number of halogens is 3. The molecule has 0 N–H and O–H groups in total. The van der Waals surface area contributed by atoms with Gasteiger partial charge in [-0.15, -0.1) is 0 Å². The summed E-state index contributed by atoms with van der Waals surface area (Å²) in [6.45, 7) is 1.86. The van der Waals surface area contributed by atoms with Crippen LogP contribution in [-0.2, 0) is 6.18 Å². The van der Waals surface area contributed by atoms with Crippen molar-refractivity contribution in [2.75, 3.05) is 32.1 Å². The zero-order valence-electron chi connectivity index (χ0n) is 16.0. The molecule has 2 aromatic heterocycles. The number of alkyl halides is 3. The second-order valence-electron chi connectivity index (χ2n) is 7.26. The second-order valence-corrected chi connectivity index (χ2v) is 7.26. The predicted molar refractivity (Wildman–Crippen MR) is 102 cm³/mol. The molecule has 1 aromatic carbocycles. The average Bonchev–Trinajstić information content (AvgIpc) is 3.38. The van der Waals surface area contributed by atoms with Crippen molar-refractivity contribution < 1.29 is 17.7 Å². The smallest absolute Gasteiger partial charge is 0.355 e. The summed E-state index contributed by atoms with van der Waals surface area (Å²) >= 11 is 0. The lowest BCUT2D eigenvalue weighted by Crippen LogP contribution is -2.31. The highest BCUT2D eigenvalue weighted by molar-refractivity contribution is 5.61. The summed E-state index contributed by atoms with van der Waals surface area (Å²) in [5.41, 5.74) is 0.100. The highest BCUT2D eigenvalue weighted by Gasteiger charge is 2.31. The minimum atomic E-state index is -4.43. The highest BCUT2D eigenvalue weighted by Crippen LogP contribution is 2.32. The number of nitrogens with zero attached hydrogens (tertiary/aromatic N) is 5. The van der Waals surface area contributed by atoms with E-state index >= 15 is 0 Å². The molecule has 1 atom stereocenters. The molecule has 4 rings (SSSR count). The largest absolute Gasteiger partial charge is 0.416 e. The molecule has 1 unspecified atom stereocenters. The zero-order chi connectivity index (χ0) is 20.6. The van der Waals surface area contributed by atoms with Crippen LogP contribution in [0.3, 0.4) is 0 Å². The summed E-state index contributed by atoms with van der Waals surface area (Å²) in [6.07, 6.45) is -1.70. The molecular formula is C20H20F3N5O. The van der Waals surface area contributed by atoms with Crippen molar-refractivity contribution in [2.24, 2.45) is 0 Å². The standard InChI is InChI=1S/C20H20F3N5O/c1-27(2)16-8-9-28(12-16)17-7-6-14(11-24-17)19-25-18(26-29-19)13-4-3-5-15(10-13)20(21,22)23/h3-7,10-11,16H,8-9,12H2,1-2H3. The third-order valence-corrected chi connectivity index (χ3v) is 5.09. The normalized spacial score (nSPS) is 17.3. The number of hydrogen-bond donors (Lipinski definition) is 0. The zero-order valence-corrected chi connectivity index (χ0v) is 16.0. The number of anilines is 1. The summed E-state index contributed by atoms with van der Waals surface area (Å²) in [6, 6.07) is 9.07. The van der Waals surface area contributed by atoms with Crippen molar-refractivity contribution in [2.45, 2.75) is 18.6 Å². The van der Waals surface area contributed by atoms with E-state index in [1.807, 2.05) is 12.1 Å². The molecule has 1 aliphatic rings. The van der Waals surface area contributed by atoms with E-state index in [1.165, 1.54) is 12.1 Å². The molecule has 3 aromatic rings. The molecule has 0 radical (unpaired) electrons. The number of likely N-dealkylation sites (N-methyl/N-ethyl adjacent to an activating group) is 1. The minimum absolute atomic E-state index is 0.101. The van der Waals surface area contributed by atoms with Crippen LogP contribution < -0.4 is 4.90 Å². The van der Waals surface area contributed by atoms with Crippen LogP contribution in [-0.4, -0.2) is 53.3 Å². The molecule has 0 spiro atoms. The molecule has 1 fully saturated rings. The lowest BCUT2D eigenvalue weighted by Gasteiger charge is -2.21. The quantitative estimate of drug-likeness (QED) is 0.657. The van der Waals surface area contributed by atoms with Gasteiger partial charge in [-0.25, -0.2) is 4.98 Å². The molecule has 152 valence electrons. The van der Waals surface area contributed by atoms with Gasteiger partial charge in [0.2, 0.25) is 5.82 Å². The van der Waals surface area contributed by atoms with Crippen molar-refractivity contribution in [1.82, 2.24) is 20.0 Å². The molecule has 0 bridgehead atoms. The third kappa shape index (κ3) is 4.09. The summed E-state index contributed by atoms with van der Waals surface area (Å²) in [5.74, 6) is 1.18. The monoisotopic (exact) mass is 403 g/mol. The molecule has 9 heteroatoms. The van der Waals surface area contributed by atoms with Crippen molar-refractivity contribution in [3.63, 3.8) is 0 Å². The van der Waals surface area contributed by atoms with Crippen LogP contribution in [0.2, 0.25) is 0 Å². The van der Waals surface area contributed by atoms with Crippen LogP contribution in [0.1, 0.15) is 12.0 Å². The number of hydrogen-bond acceptors (Lipinski definition) is 6.